The highest BCUT2D eigenvalue weighted by Gasteiger charge is 2.19. The van der Waals surface area contributed by atoms with Gasteiger partial charge in [-0.3, -0.25) is 4.79 Å². The van der Waals surface area contributed by atoms with Crippen molar-refractivity contribution >= 4 is 15.9 Å². The monoisotopic (exact) mass is 409 g/mol. The van der Waals surface area contributed by atoms with Gasteiger partial charge < -0.3 is 4.57 Å². The van der Waals surface area contributed by atoms with Crippen molar-refractivity contribution in [3.8, 4) is 0 Å². The molecule has 0 unspecified atom stereocenters. The smallest absolute Gasteiger partial charge is 0.279 e. The molecule has 0 aliphatic heterocycles. The summed E-state index contributed by atoms with van der Waals surface area (Å²) in [6.07, 6.45) is 1.86. The van der Waals surface area contributed by atoms with Gasteiger partial charge in [-0.15, -0.1) is 0 Å². The summed E-state index contributed by atoms with van der Waals surface area (Å²) in [5.74, 6) is -0.492. The first kappa shape index (κ1) is 20.7. The van der Waals surface area contributed by atoms with Crippen LogP contribution < -0.4 is 10.2 Å². The Bertz CT molecular complexity index is 1210. The number of rotatable bonds is 5. The van der Waals surface area contributed by atoms with Gasteiger partial charge in [-0.05, 0) is 61.9 Å². The van der Waals surface area contributed by atoms with E-state index in [4.69, 9.17) is 0 Å². The van der Waals surface area contributed by atoms with E-state index in [2.05, 4.69) is 9.71 Å². The molecule has 0 fully saturated rings. The summed E-state index contributed by atoms with van der Waals surface area (Å²) in [7, 11) is -2.33. The molecular weight excluding hydrogens is 386 g/mol. The van der Waals surface area contributed by atoms with Crippen LogP contribution in [0.2, 0.25) is 0 Å². The number of nitrogens with one attached hydrogen (secondary N) is 1. The molecule has 0 saturated carbocycles. The molecule has 2 aromatic carbocycles. The lowest BCUT2D eigenvalue weighted by Crippen LogP contribution is -2.23. The molecule has 0 spiro atoms. The lowest BCUT2D eigenvalue weighted by Gasteiger charge is -2.11. The van der Waals surface area contributed by atoms with E-state index in [0.29, 0.717) is 23.2 Å². The zero-order chi connectivity index (χ0) is 21.0. The minimum Gasteiger partial charge on any atom is -0.328 e. The number of sulfonamides is 1. The summed E-state index contributed by atoms with van der Waals surface area (Å²) >= 11 is 0. The van der Waals surface area contributed by atoms with Gasteiger partial charge in [0.05, 0.1) is 4.90 Å². The van der Waals surface area contributed by atoms with Gasteiger partial charge in [-0.1, -0.05) is 36.4 Å². The fourth-order valence-electron chi connectivity index (χ4n) is 2.99. The predicted molar refractivity (Wildman–Crippen MR) is 112 cm³/mol. The summed E-state index contributed by atoms with van der Waals surface area (Å²) in [4.78, 5) is 17.2. The number of pyridine rings is 1. The molecule has 29 heavy (non-hydrogen) atoms. The molecule has 1 aromatic heterocycles. The normalized spacial score (nSPS) is 12.2. The van der Waals surface area contributed by atoms with E-state index in [1.165, 1.54) is 13.1 Å². The highest BCUT2D eigenvalue weighted by Crippen LogP contribution is 2.21. The first-order chi connectivity index (χ1) is 13.8. The molecule has 1 amide bonds. The van der Waals surface area contributed by atoms with Crippen LogP contribution >= 0.6 is 0 Å². The van der Waals surface area contributed by atoms with Crippen LogP contribution in [0.4, 0.5) is 0 Å². The molecule has 150 valence electrons. The van der Waals surface area contributed by atoms with E-state index in [1.54, 1.807) is 26.0 Å². The van der Waals surface area contributed by atoms with Crippen molar-refractivity contribution in [2.45, 2.75) is 25.3 Å². The average Bonchev–Trinajstić information content (AvgIpc) is 2.72. The molecule has 0 aliphatic rings. The molecule has 0 radical (unpaired) electrons. The van der Waals surface area contributed by atoms with E-state index in [9.17, 15) is 13.2 Å². The summed E-state index contributed by atoms with van der Waals surface area (Å²) < 4.78 is 28.8. The summed E-state index contributed by atoms with van der Waals surface area (Å²) in [6.45, 7) is 4.06. The van der Waals surface area contributed by atoms with Crippen LogP contribution in [0.25, 0.3) is 0 Å². The van der Waals surface area contributed by atoms with E-state index >= 15 is 0 Å². The fraction of sp³-hybridized carbons (Fsp3) is 0.182. The van der Waals surface area contributed by atoms with Crippen molar-refractivity contribution in [3.63, 3.8) is 0 Å². The maximum absolute atomic E-state index is 12.9. The Morgan fingerprint density at radius 2 is 1.72 bits per heavy atom. The zero-order valence-electron chi connectivity index (χ0n) is 16.6. The largest absolute Gasteiger partial charge is 0.328 e. The van der Waals surface area contributed by atoms with Crippen molar-refractivity contribution in [1.29, 1.82) is 0 Å². The van der Waals surface area contributed by atoms with Crippen LogP contribution in [-0.4, -0.2) is 25.9 Å². The van der Waals surface area contributed by atoms with E-state index < -0.39 is 15.9 Å². The maximum Gasteiger partial charge on any atom is 0.279 e. The fourth-order valence-corrected chi connectivity index (χ4v) is 4.06. The molecule has 0 aliphatic carbocycles. The van der Waals surface area contributed by atoms with Gasteiger partial charge in [-0.25, -0.2) is 13.1 Å². The van der Waals surface area contributed by atoms with E-state index in [1.807, 2.05) is 53.2 Å². The van der Waals surface area contributed by atoms with Crippen LogP contribution in [0, 0.1) is 13.8 Å². The Morgan fingerprint density at radius 3 is 2.41 bits per heavy atom. The van der Waals surface area contributed by atoms with E-state index in [0.717, 1.165) is 5.56 Å². The number of benzene rings is 2. The van der Waals surface area contributed by atoms with Crippen molar-refractivity contribution in [3.05, 3.63) is 94.6 Å². The van der Waals surface area contributed by atoms with Crippen molar-refractivity contribution in [1.82, 2.24) is 9.29 Å². The van der Waals surface area contributed by atoms with Crippen LogP contribution in [-0.2, 0) is 16.6 Å². The SMILES string of the molecule is CNS(=O)(=O)c1cc(C(=O)N=c2ccccn2Cc2ccccc2)cc(C)c1C. The van der Waals surface area contributed by atoms with E-state index in [-0.39, 0.29) is 10.5 Å². The summed E-state index contributed by atoms with van der Waals surface area (Å²) in [6, 6.07) is 18.4. The Balaban J connectivity index is 2.04. The Hall–Kier alpha value is -3.03. The Morgan fingerprint density at radius 1 is 1.03 bits per heavy atom. The van der Waals surface area contributed by atoms with Gasteiger partial charge in [0.25, 0.3) is 5.91 Å². The van der Waals surface area contributed by atoms with Gasteiger partial charge in [0.2, 0.25) is 10.0 Å². The molecule has 3 aromatic rings. The second-order valence-electron chi connectivity index (χ2n) is 6.71. The van der Waals surface area contributed by atoms with Crippen molar-refractivity contribution < 1.29 is 13.2 Å². The first-order valence-electron chi connectivity index (χ1n) is 9.15. The molecule has 0 atom stereocenters. The molecule has 7 heteroatoms. The zero-order valence-corrected chi connectivity index (χ0v) is 17.4. The Labute approximate surface area is 170 Å². The topological polar surface area (TPSA) is 80.5 Å². The molecule has 3 rings (SSSR count). The number of hydrogen-bond donors (Lipinski definition) is 1. The quantitative estimate of drug-likeness (QED) is 0.704. The lowest BCUT2D eigenvalue weighted by atomic mass is 10.1. The van der Waals surface area contributed by atoms with Crippen molar-refractivity contribution in [2.75, 3.05) is 7.05 Å². The minimum atomic E-state index is -3.68. The van der Waals surface area contributed by atoms with Gasteiger partial charge in [-0.2, -0.15) is 4.99 Å². The van der Waals surface area contributed by atoms with Gasteiger partial charge >= 0.3 is 0 Å². The molecule has 1 heterocycles. The summed E-state index contributed by atoms with van der Waals surface area (Å²) in [5, 5.41) is 0. The van der Waals surface area contributed by atoms with Gasteiger partial charge in [0.1, 0.15) is 5.49 Å². The van der Waals surface area contributed by atoms with Crippen LogP contribution in [0.5, 0.6) is 0 Å². The highest BCUT2D eigenvalue weighted by atomic mass is 32.2. The average molecular weight is 410 g/mol. The highest BCUT2D eigenvalue weighted by molar-refractivity contribution is 7.89. The standard InChI is InChI=1S/C22H23N3O3S/c1-16-13-19(14-20(17(16)2)29(27,28)23-3)22(26)24-21-11-7-8-12-25(21)15-18-9-5-4-6-10-18/h4-14,23H,15H2,1-3H3. The lowest BCUT2D eigenvalue weighted by molar-refractivity contribution is 0.0997. The first-order valence-corrected chi connectivity index (χ1v) is 10.6. The number of amides is 1. The van der Waals surface area contributed by atoms with Crippen LogP contribution in [0.1, 0.15) is 27.0 Å². The number of carbonyl (C=O) groups excluding carboxylic acids is 1. The number of hydrogen-bond acceptors (Lipinski definition) is 3. The number of nitrogens with zero attached hydrogens (tertiary/aromatic N) is 2. The van der Waals surface area contributed by atoms with Crippen LogP contribution in [0.15, 0.2) is 76.7 Å². The molecule has 0 bridgehead atoms. The Kier molecular flexibility index (Phi) is 6.10. The number of carbonyl (C=O) groups is 1. The summed E-state index contributed by atoms with van der Waals surface area (Å²) in [5.41, 5.74) is 3.13. The second-order valence-corrected chi connectivity index (χ2v) is 8.57. The molecule has 1 N–H and O–H groups in total. The van der Waals surface area contributed by atoms with Crippen LogP contribution in [0.3, 0.4) is 0 Å². The third-order valence-corrected chi connectivity index (χ3v) is 6.29. The second kappa shape index (κ2) is 8.55. The predicted octanol–water partition coefficient (Wildman–Crippen LogP) is 2.80. The minimum absolute atomic E-state index is 0.0868. The maximum atomic E-state index is 12.9. The molecular formula is C22H23N3O3S. The third-order valence-electron chi connectivity index (χ3n) is 4.75. The third kappa shape index (κ3) is 4.70. The number of aryl methyl sites for hydroxylation is 1. The van der Waals surface area contributed by atoms with Gasteiger partial charge in [0.15, 0.2) is 0 Å². The molecule has 6 nitrogen and oxygen atoms in total. The number of aromatic nitrogens is 1. The molecule has 0 saturated heterocycles. The van der Waals surface area contributed by atoms with Crippen molar-refractivity contribution in [2.24, 2.45) is 4.99 Å². The van der Waals surface area contributed by atoms with Gasteiger partial charge in [0, 0.05) is 18.3 Å².